The van der Waals surface area contributed by atoms with E-state index in [2.05, 4.69) is 72.0 Å². The lowest BCUT2D eigenvalue weighted by molar-refractivity contribution is 0.434. The summed E-state index contributed by atoms with van der Waals surface area (Å²) in [6.45, 7) is 4.69. The first kappa shape index (κ1) is 20.3. The van der Waals surface area contributed by atoms with Crippen LogP contribution in [0.25, 0.3) is 33.4 Å². The Kier molecular flexibility index (Phi) is 5.42. The molecule has 0 saturated carbocycles. The predicted octanol–water partition coefficient (Wildman–Crippen LogP) is 8.04. The molecule has 0 aliphatic carbocycles. The summed E-state index contributed by atoms with van der Waals surface area (Å²) in [5.74, 6) is 0.760. The Morgan fingerprint density at radius 1 is 0.844 bits per heavy atom. The summed E-state index contributed by atoms with van der Waals surface area (Å²) in [5, 5.41) is 11.0. The van der Waals surface area contributed by atoms with Crippen molar-refractivity contribution in [1.82, 2.24) is 5.16 Å². The third-order valence-electron chi connectivity index (χ3n) is 5.80. The van der Waals surface area contributed by atoms with Gasteiger partial charge in [0.15, 0.2) is 5.76 Å². The number of hydrogen-bond acceptors (Lipinski definition) is 3. The zero-order chi connectivity index (χ0) is 22.1. The number of benzene rings is 4. The normalized spacial score (nSPS) is 11.1. The average molecular weight is 439 g/mol. The molecule has 0 atom stereocenters. The van der Waals surface area contributed by atoms with Gasteiger partial charge in [0, 0.05) is 28.9 Å². The van der Waals surface area contributed by atoms with E-state index in [0.29, 0.717) is 11.6 Å². The van der Waals surface area contributed by atoms with Gasteiger partial charge in [-0.1, -0.05) is 89.1 Å². The van der Waals surface area contributed by atoms with Gasteiger partial charge in [-0.15, -0.1) is 0 Å². The number of anilines is 1. The minimum atomic E-state index is 0.561. The van der Waals surface area contributed by atoms with Crippen LogP contribution in [0.4, 0.5) is 5.69 Å². The molecule has 0 amide bonds. The molecular weight excluding hydrogens is 416 g/mol. The van der Waals surface area contributed by atoms with Crippen molar-refractivity contribution in [1.29, 1.82) is 0 Å². The van der Waals surface area contributed by atoms with Gasteiger partial charge in [0.05, 0.1) is 5.02 Å². The minimum Gasteiger partial charge on any atom is -0.381 e. The van der Waals surface area contributed by atoms with Crippen molar-refractivity contribution < 1.29 is 4.52 Å². The monoisotopic (exact) mass is 438 g/mol. The van der Waals surface area contributed by atoms with Crippen molar-refractivity contribution in [2.45, 2.75) is 20.4 Å². The van der Waals surface area contributed by atoms with Crippen molar-refractivity contribution in [3.8, 4) is 22.6 Å². The van der Waals surface area contributed by atoms with Gasteiger partial charge < -0.3 is 9.84 Å². The Balaban J connectivity index is 1.67. The molecule has 0 aliphatic heterocycles. The number of aryl methyl sites for hydroxylation is 2. The second-order valence-electron chi connectivity index (χ2n) is 8.02. The zero-order valence-corrected chi connectivity index (χ0v) is 18.8. The highest BCUT2D eigenvalue weighted by Gasteiger charge is 2.23. The molecule has 0 radical (unpaired) electrons. The minimum absolute atomic E-state index is 0.561. The fraction of sp³-hybridized carbons (Fsp3) is 0.107. The number of fused-ring (bicyclic) bond motifs is 1. The molecule has 0 saturated heterocycles. The van der Waals surface area contributed by atoms with E-state index in [1.165, 1.54) is 5.56 Å². The van der Waals surface area contributed by atoms with Gasteiger partial charge in [-0.05, 0) is 48.4 Å². The van der Waals surface area contributed by atoms with Gasteiger partial charge in [-0.2, -0.15) is 0 Å². The summed E-state index contributed by atoms with van der Waals surface area (Å²) in [7, 11) is 0. The highest BCUT2D eigenvalue weighted by atomic mass is 35.5. The lowest BCUT2D eigenvalue weighted by Crippen LogP contribution is -2.02. The molecule has 3 nitrogen and oxygen atoms in total. The lowest BCUT2D eigenvalue weighted by atomic mass is 9.96. The van der Waals surface area contributed by atoms with Crippen molar-refractivity contribution in [2.24, 2.45) is 0 Å². The number of hydrogen-bond donors (Lipinski definition) is 1. The second-order valence-corrected chi connectivity index (χ2v) is 8.42. The van der Waals surface area contributed by atoms with Crippen LogP contribution in [0, 0.1) is 13.8 Å². The molecule has 5 aromatic rings. The smallest absolute Gasteiger partial charge is 0.173 e. The van der Waals surface area contributed by atoms with Crippen LogP contribution in [0.2, 0.25) is 5.02 Å². The van der Waals surface area contributed by atoms with Gasteiger partial charge in [0.1, 0.15) is 5.69 Å². The highest BCUT2D eigenvalue weighted by molar-refractivity contribution is 6.33. The Morgan fingerprint density at radius 2 is 1.59 bits per heavy atom. The van der Waals surface area contributed by atoms with Crippen molar-refractivity contribution >= 4 is 28.1 Å². The number of nitrogens with one attached hydrogen (secondary N) is 1. The van der Waals surface area contributed by atoms with Crippen molar-refractivity contribution in [2.75, 3.05) is 5.32 Å². The fourth-order valence-electron chi connectivity index (χ4n) is 4.10. The molecule has 1 heterocycles. The maximum atomic E-state index is 6.62. The Hall–Kier alpha value is -3.56. The molecule has 0 unspecified atom stereocenters. The summed E-state index contributed by atoms with van der Waals surface area (Å²) < 4.78 is 6.01. The molecule has 0 fully saturated rings. The van der Waals surface area contributed by atoms with Crippen molar-refractivity contribution in [3.05, 3.63) is 107 Å². The summed E-state index contributed by atoms with van der Waals surface area (Å²) >= 11 is 6.62. The first-order valence-electron chi connectivity index (χ1n) is 10.6. The van der Waals surface area contributed by atoms with E-state index in [1.807, 2.05) is 37.3 Å². The molecular formula is C28H23ClN2O. The summed E-state index contributed by atoms with van der Waals surface area (Å²) in [5.41, 5.74) is 7.02. The Morgan fingerprint density at radius 3 is 2.41 bits per heavy atom. The molecule has 1 aromatic heterocycles. The molecule has 4 heteroatoms. The number of rotatable bonds is 5. The quantitative estimate of drug-likeness (QED) is 0.301. The van der Waals surface area contributed by atoms with E-state index in [9.17, 15) is 0 Å². The van der Waals surface area contributed by atoms with Crippen LogP contribution in [0.5, 0.6) is 0 Å². The zero-order valence-electron chi connectivity index (χ0n) is 18.0. The first-order chi connectivity index (χ1) is 15.6. The summed E-state index contributed by atoms with van der Waals surface area (Å²) in [4.78, 5) is 0. The van der Waals surface area contributed by atoms with Gasteiger partial charge in [-0.25, -0.2) is 0 Å². The number of aromatic nitrogens is 1. The standard InChI is InChI=1S/C28H23ClN2O/c1-18-13-15-21(16-14-18)30-17-24-27(26-19(2)7-5-12-25(26)29)31-32-28(24)23-11-6-9-20-8-3-4-10-22(20)23/h3-16,30H,17H2,1-2H3. The molecule has 158 valence electrons. The summed E-state index contributed by atoms with van der Waals surface area (Å²) in [6.07, 6.45) is 0. The number of nitrogens with zero attached hydrogens (tertiary/aromatic N) is 1. The number of halogens is 1. The molecule has 32 heavy (non-hydrogen) atoms. The first-order valence-corrected chi connectivity index (χ1v) is 11.0. The maximum Gasteiger partial charge on any atom is 0.173 e. The van der Waals surface area contributed by atoms with Gasteiger partial charge in [0.25, 0.3) is 0 Å². The van der Waals surface area contributed by atoms with Crippen LogP contribution in [-0.4, -0.2) is 5.16 Å². The maximum absolute atomic E-state index is 6.62. The predicted molar refractivity (Wildman–Crippen MR) is 133 cm³/mol. The van der Waals surface area contributed by atoms with Gasteiger partial charge >= 0.3 is 0 Å². The molecule has 0 aliphatic rings. The molecule has 0 bridgehead atoms. The Bertz CT molecular complexity index is 1380. The van der Waals surface area contributed by atoms with E-state index in [1.54, 1.807) is 0 Å². The van der Waals surface area contributed by atoms with Crippen molar-refractivity contribution in [3.63, 3.8) is 0 Å². The van der Waals surface area contributed by atoms with Crippen LogP contribution < -0.4 is 5.32 Å². The molecule has 1 N–H and O–H groups in total. The van der Waals surface area contributed by atoms with E-state index in [0.717, 1.165) is 50.2 Å². The molecule has 5 rings (SSSR count). The highest BCUT2D eigenvalue weighted by Crippen LogP contribution is 2.39. The van der Waals surface area contributed by atoms with Gasteiger partial charge in [-0.3, -0.25) is 0 Å². The van der Waals surface area contributed by atoms with Crippen LogP contribution in [-0.2, 0) is 6.54 Å². The van der Waals surface area contributed by atoms with Crippen LogP contribution in [0.1, 0.15) is 16.7 Å². The molecule has 4 aromatic carbocycles. The largest absolute Gasteiger partial charge is 0.381 e. The van der Waals surface area contributed by atoms with E-state index >= 15 is 0 Å². The Labute approximate surface area is 192 Å². The lowest BCUT2D eigenvalue weighted by Gasteiger charge is -2.11. The van der Waals surface area contributed by atoms with E-state index < -0.39 is 0 Å². The second kappa shape index (κ2) is 8.52. The average Bonchev–Trinajstić information content (AvgIpc) is 3.21. The van der Waals surface area contributed by atoms with E-state index in [-0.39, 0.29) is 0 Å². The summed E-state index contributed by atoms with van der Waals surface area (Å²) in [6, 6.07) is 28.8. The topological polar surface area (TPSA) is 38.1 Å². The SMILES string of the molecule is Cc1ccc(NCc2c(-c3c(C)cccc3Cl)noc2-c2cccc3ccccc23)cc1. The van der Waals surface area contributed by atoms with E-state index in [4.69, 9.17) is 16.1 Å². The third kappa shape index (κ3) is 3.76. The third-order valence-corrected chi connectivity index (χ3v) is 6.12. The van der Waals surface area contributed by atoms with Crippen LogP contribution >= 0.6 is 11.6 Å². The van der Waals surface area contributed by atoms with Crippen LogP contribution in [0.15, 0.2) is 89.5 Å². The van der Waals surface area contributed by atoms with Crippen LogP contribution in [0.3, 0.4) is 0 Å². The van der Waals surface area contributed by atoms with Gasteiger partial charge in [0.2, 0.25) is 0 Å². The fourth-order valence-corrected chi connectivity index (χ4v) is 4.41. The molecule has 0 spiro atoms.